The van der Waals surface area contributed by atoms with Crippen LogP contribution in [0.1, 0.15) is 30.1 Å². The Morgan fingerprint density at radius 2 is 2.04 bits per heavy atom. The second kappa shape index (κ2) is 6.71. The molecule has 1 aliphatic heterocycles. The zero-order valence-electron chi connectivity index (χ0n) is 12.5. The van der Waals surface area contributed by atoms with Crippen LogP contribution in [0.2, 0.25) is 0 Å². The molecule has 0 fully saturated rings. The summed E-state index contributed by atoms with van der Waals surface area (Å²) in [6, 6.07) is 13.7. The smallest absolute Gasteiger partial charge is 0.313 e. The Bertz CT molecular complexity index is 705. The molecule has 3 unspecified atom stereocenters. The molecule has 0 N–H and O–H groups in total. The predicted molar refractivity (Wildman–Crippen MR) is 88.3 cm³/mol. The van der Waals surface area contributed by atoms with Crippen LogP contribution in [0.4, 0.5) is 4.39 Å². The quantitative estimate of drug-likeness (QED) is 0.587. The normalized spacial score (nSPS) is 21.0. The first kappa shape index (κ1) is 16.0. The third-order valence-corrected chi connectivity index (χ3v) is 4.65. The van der Waals surface area contributed by atoms with E-state index in [4.69, 9.17) is 9.47 Å². The molecule has 120 valence electrons. The second-order valence-corrected chi connectivity index (χ2v) is 6.68. The highest BCUT2D eigenvalue weighted by Crippen LogP contribution is 2.39. The SMILES string of the molecule is CC(C(=O)OC1c2ccc(F)cc2OCC1Br)c1ccccc1. The van der Waals surface area contributed by atoms with Crippen LogP contribution in [0.25, 0.3) is 0 Å². The molecule has 3 nitrogen and oxygen atoms in total. The van der Waals surface area contributed by atoms with E-state index in [1.54, 1.807) is 6.07 Å². The molecule has 3 atom stereocenters. The maximum atomic E-state index is 13.3. The van der Waals surface area contributed by atoms with E-state index in [-0.39, 0.29) is 22.5 Å². The van der Waals surface area contributed by atoms with Crippen LogP contribution >= 0.6 is 15.9 Å². The molecule has 0 saturated heterocycles. The molecule has 0 aliphatic carbocycles. The van der Waals surface area contributed by atoms with Gasteiger partial charge in [0.2, 0.25) is 0 Å². The molecule has 3 rings (SSSR count). The summed E-state index contributed by atoms with van der Waals surface area (Å²) in [6.07, 6.45) is -0.502. The lowest BCUT2D eigenvalue weighted by Gasteiger charge is -2.30. The molecule has 0 bridgehead atoms. The molecule has 2 aromatic rings. The third kappa shape index (κ3) is 3.39. The number of carbonyl (C=O) groups excluding carboxylic acids is 1. The minimum atomic E-state index is -0.502. The molecule has 5 heteroatoms. The Kier molecular flexibility index (Phi) is 4.66. The van der Waals surface area contributed by atoms with Gasteiger partial charge in [-0.25, -0.2) is 4.39 Å². The Labute approximate surface area is 142 Å². The van der Waals surface area contributed by atoms with Crippen molar-refractivity contribution in [1.29, 1.82) is 0 Å². The van der Waals surface area contributed by atoms with Crippen LogP contribution in [0.5, 0.6) is 5.75 Å². The van der Waals surface area contributed by atoms with Crippen molar-refractivity contribution in [2.24, 2.45) is 0 Å². The molecular weight excluding hydrogens is 363 g/mol. The van der Waals surface area contributed by atoms with Gasteiger partial charge in [-0.05, 0) is 24.6 Å². The standard InChI is InChI=1S/C18H16BrFO3/c1-11(12-5-3-2-4-6-12)18(21)23-17-14-8-7-13(20)9-16(14)22-10-15(17)19/h2-9,11,15,17H,10H2,1H3. The number of benzene rings is 2. The van der Waals surface area contributed by atoms with Crippen molar-refractivity contribution >= 4 is 21.9 Å². The summed E-state index contributed by atoms with van der Waals surface area (Å²) in [5.74, 6) is -0.643. The van der Waals surface area contributed by atoms with Gasteiger partial charge in [-0.15, -0.1) is 0 Å². The molecule has 1 heterocycles. The Morgan fingerprint density at radius 1 is 1.30 bits per heavy atom. The van der Waals surface area contributed by atoms with E-state index in [2.05, 4.69) is 15.9 Å². The largest absolute Gasteiger partial charge is 0.492 e. The van der Waals surface area contributed by atoms with Gasteiger partial charge >= 0.3 is 5.97 Å². The van der Waals surface area contributed by atoms with Crippen molar-refractivity contribution in [3.05, 3.63) is 65.5 Å². The number of halogens is 2. The first-order valence-corrected chi connectivity index (χ1v) is 8.29. The summed E-state index contributed by atoms with van der Waals surface area (Å²) in [5, 5.41) is 0. The van der Waals surface area contributed by atoms with E-state index in [9.17, 15) is 9.18 Å². The van der Waals surface area contributed by atoms with Gasteiger partial charge in [0.05, 0.1) is 10.7 Å². The number of esters is 1. The van der Waals surface area contributed by atoms with Gasteiger partial charge in [0.1, 0.15) is 24.3 Å². The van der Waals surface area contributed by atoms with Crippen LogP contribution in [0.3, 0.4) is 0 Å². The minimum Gasteiger partial charge on any atom is -0.492 e. The molecule has 0 spiro atoms. The average Bonchev–Trinajstić information content (AvgIpc) is 2.57. The van der Waals surface area contributed by atoms with E-state index in [1.807, 2.05) is 37.3 Å². The van der Waals surface area contributed by atoms with Crippen molar-refractivity contribution in [2.45, 2.75) is 23.8 Å². The summed E-state index contributed by atoms with van der Waals surface area (Å²) >= 11 is 3.48. The zero-order valence-corrected chi connectivity index (χ0v) is 14.1. The first-order valence-electron chi connectivity index (χ1n) is 7.38. The van der Waals surface area contributed by atoms with Crippen molar-refractivity contribution in [3.63, 3.8) is 0 Å². The highest BCUT2D eigenvalue weighted by atomic mass is 79.9. The molecule has 2 aromatic carbocycles. The van der Waals surface area contributed by atoms with E-state index in [1.165, 1.54) is 12.1 Å². The lowest BCUT2D eigenvalue weighted by molar-refractivity contribution is -0.151. The van der Waals surface area contributed by atoms with Gasteiger partial charge in [0.15, 0.2) is 0 Å². The topological polar surface area (TPSA) is 35.5 Å². The molecule has 0 radical (unpaired) electrons. The average molecular weight is 379 g/mol. The monoisotopic (exact) mass is 378 g/mol. The number of carbonyl (C=O) groups is 1. The highest BCUT2D eigenvalue weighted by Gasteiger charge is 2.34. The summed E-state index contributed by atoms with van der Waals surface area (Å²) < 4.78 is 24.5. The number of fused-ring (bicyclic) bond motifs is 1. The van der Waals surface area contributed by atoms with Gasteiger partial charge in [0.25, 0.3) is 0 Å². The van der Waals surface area contributed by atoms with Crippen LogP contribution < -0.4 is 4.74 Å². The fourth-order valence-electron chi connectivity index (χ4n) is 2.56. The maximum absolute atomic E-state index is 13.3. The third-order valence-electron chi connectivity index (χ3n) is 3.90. The van der Waals surface area contributed by atoms with Gasteiger partial charge in [0, 0.05) is 11.6 Å². The number of alkyl halides is 1. The van der Waals surface area contributed by atoms with Crippen LogP contribution in [0.15, 0.2) is 48.5 Å². The summed E-state index contributed by atoms with van der Waals surface area (Å²) in [7, 11) is 0. The molecule has 1 aliphatic rings. The number of rotatable bonds is 3. The summed E-state index contributed by atoms with van der Waals surface area (Å²) in [6.45, 7) is 2.12. The Hall–Kier alpha value is -1.88. The van der Waals surface area contributed by atoms with Gasteiger partial charge in [-0.2, -0.15) is 0 Å². The molecule has 0 saturated carbocycles. The van der Waals surface area contributed by atoms with Crippen LogP contribution in [-0.4, -0.2) is 17.4 Å². The minimum absolute atomic E-state index is 0.174. The lowest BCUT2D eigenvalue weighted by atomic mass is 10.00. The van der Waals surface area contributed by atoms with E-state index in [0.29, 0.717) is 17.9 Å². The summed E-state index contributed by atoms with van der Waals surface area (Å²) in [5.41, 5.74) is 1.57. The van der Waals surface area contributed by atoms with Gasteiger partial charge < -0.3 is 9.47 Å². The zero-order chi connectivity index (χ0) is 16.4. The molecule has 23 heavy (non-hydrogen) atoms. The highest BCUT2D eigenvalue weighted by molar-refractivity contribution is 9.09. The van der Waals surface area contributed by atoms with E-state index >= 15 is 0 Å². The first-order chi connectivity index (χ1) is 11.1. The molecular formula is C18H16BrFO3. The maximum Gasteiger partial charge on any atom is 0.313 e. The summed E-state index contributed by atoms with van der Waals surface area (Å²) in [4.78, 5) is 12.3. The molecule has 0 aromatic heterocycles. The van der Waals surface area contributed by atoms with Crippen LogP contribution in [-0.2, 0) is 9.53 Å². The van der Waals surface area contributed by atoms with Crippen molar-refractivity contribution in [2.75, 3.05) is 6.61 Å². The van der Waals surface area contributed by atoms with E-state index in [0.717, 1.165) is 5.56 Å². The molecule has 0 amide bonds. The van der Waals surface area contributed by atoms with Crippen molar-refractivity contribution in [1.82, 2.24) is 0 Å². The van der Waals surface area contributed by atoms with Crippen molar-refractivity contribution < 1.29 is 18.7 Å². The Morgan fingerprint density at radius 3 is 2.78 bits per heavy atom. The number of ether oxygens (including phenoxy) is 2. The second-order valence-electron chi connectivity index (χ2n) is 5.50. The van der Waals surface area contributed by atoms with Crippen LogP contribution in [0, 0.1) is 5.82 Å². The van der Waals surface area contributed by atoms with Crippen molar-refractivity contribution in [3.8, 4) is 5.75 Å². The fraction of sp³-hybridized carbons (Fsp3) is 0.278. The Balaban J connectivity index is 1.81. The van der Waals surface area contributed by atoms with Gasteiger partial charge in [-0.1, -0.05) is 46.3 Å². The van der Waals surface area contributed by atoms with E-state index < -0.39 is 6.10 Å². The lowest BCUT2D eigenvalue weighted by Crippen LogP contribution is -2.30. The van der Waals surface area contributed by atoms with Gasteiger partial charge in [-0.3, -0.25) is 4.79 Å². The number of hydrogen-bond acceptors (Lipinski definition) is 3. The fourth-order valence-corrected chi connectivity index (χ4v) is 3.09. The number of hydrogen-bond donors (Lipinski definition) is 0. The predicted octanol–water partition coefficient (Wildman–Crippen LogP) is 4.37.